The van der Waals surface area contributed by atoms with Gasteiger partial charge in [-0.25, -0.2) is 4.68 Å². The fourth-order valence-corrected chi connectivity index (χ4v) is 1.41. The maximum Gasteiger partial charge on any atom is 0.204 e. The molecular formula is C9H9ClN4O. The quantitative estimate of drug-likeness (QED) is 0.706. The van der Waals surface area contributed by atoms with Gasteiger partial charge in [0, 0.05) is 18.8 Å². The Kier molecular flexibility index (Phi) is 2.55. The molecule has 2 aromatic heterocycles. The minimum atomic E-state index is -0.148. The minimum absolute atomic E-state index is 0.148. The van der Waals surface area contributed by atoms with Gasteiger partial charge in [-0.05, 0) is 0 Å². The highest BCUT2D eigenvalue weighted by atomic mass is 35.5. The molecule has 0 aliphatic rings. The van der Waals surface area contributed by atoms with Gasteiger partial charge in [-0.1, -0.05) is 0 Å². The molecule has 0 unspecified atom stereocenters. The number of hydrogen-bond acceptors (Lipinski definition) is 3. The van der Waals surface area contributed by atoms with Crippen LogP contribution >= 0.6 is 11.6 Å². The van der Waals surface area contributed by atoms with Gasteiger partial charge in [-0.15, -0.1) is 11.6 Å². The summed E-state index contributed by atoms with van der Waals surface area (Å²) in [6.45, 7) is 0. The van der Waals surface area contributed by atoms with Crippen molar-refractivity contribution in [2.75, 3.05) is 0 Å². The average molecular weight is 225 g/mol. The minimum Gasteiger partial charge on any atom is -0.288 e. The van der Waals surface area contributed by atoms with E-state index in [-0.39, 0.29) is 11.3 Å². The van der Waals surface area contributed by atoms with E-state index in [0.29, 0.717) is 5.56 Å². The van der Waals surface area contributed by atoms with Gasteiger partial charge in [0.25, 0.3) is 0 Å². The summed E-state index contributed by atoms with van der Waals surface area (Å²) in [4.78, 5) is 11.3. The highest BCUT2D eigenvalue weighted by Gasteiger charge is 2.03. The van der Waals surface area contributed by atoms with Crippen molar-refractivity contribution < 1.29 is 0 Å². The van der Waals surface area contributed by atoms with E-state index in [1.54, 1.807) is 28.0 Å². The van der Waals surface area contributed by atoms with Gasteiger partial charge < -0.3 is 0 Å². The van der Waals surface area contributed by atoms with E-state index in [0.717, 1.165) is 5.69 Å². The lowest BCUT2D eigenvalue weighted by molar-refractivity contribution is 0.764. The Bertz CT molecular complexity index is 531. The monoisotopic (exact) mass is 224 g/mol. The second kappa shape index (κ2) is 3.86. The van der Waals surface area contributed by atoms with Crippen molar-refractivity contribution in [2.45, 2.75) is 5.88 Å². The zero-order valence-corrected chi connectivity index (χ0v) is 8.85. The molecule has 2 aromatic rings. The summed E-state index contributed by atoms with van der Waals surface area (Å²) >= 11 is 5.63. The van der Waals surface area contributed by atoms with E-state index in [9.17, 15) is 4.79 Å². The molecule has 0 amide bonds. The fourth-order valence-electron chi connectivity index (χ4n) is 1.21. The Balaban J connectivity index is 2.50. The SMILES string of the molecule is Cn1cc(-n2cc(CCl)c(=O)cn2)cn1. The molecule has 0 aliphatic heterocycles. The summed E-state index contributed by atoms with van der Waals surface area (Å²) in [6.07, 6.45) is 6.34. The maximum atomic E-state index is 11.3. The molecule has 6 heteroatoms. The number of aryl methyl sites for hydroxylation is 1. The third kappa shape index (κ3) is 1.92. The van der Waals surface area contributed by atoms with E-state index in [4.69, 9.17) is 11.6 Å². The topological polar surface area (TPSA) is 52.7 Å². The van der Waals surface area contributed by atoms with Crippen LogP contribution in [0, 0.1) is 0 Å². The number of aromatic nitrogens is 4. The summed E-state index contributed by atoms with van der Waals surface area (Å²) < 4.78 is 3.24. The van der Waals surface area contributed by atoms with Crippen molar-refractivity contribution in [3.8, 4) is 5.69 Å². The molecule has 0 saturated carbocycles. The summed E-state index contributed by atoms with van der Waals surface area (Å²) in [7, 11) is 1.81. The van der Waals surface area contributed by atoms with E-state index < -0.39 is 0 Å². The molecule has 0 atom stereocenters. The molecule has 0 bridgehead atoms. The van der Waals surface area contributed by atoms with Crippen LogP contribution in [0.15, 0.2) is 29.6 Å². The highest BCUT2D eigenvalue weighted by Crippen LogP contribution is 2.04. The summed E-state index contributed by atoms with van der Waals surface area (Å²) in [5.41, 5.74) is 1.17. The first-order chi connectivity index (χ1) is 7.20. The molecule has 5 nitrogen and oxygen atoms in total. The van der Waals surface area contributed by atoms with Crippen molar-refractivity contribution in [1.82, 2.24) is 19.6 Å². The Morgan fingerprint density at radius 2 is 2.13 bits per heavy atom. The van der Waals surface area contributed by atoms with E-state index in [1.165, 1.54) is 6.20 Å². The molecule has 78 valence electrons. The van der Waals surface area contributed by atoms with Crippen molar-refractivity contribution in [3.63, 3.8) is 0 Å². The van der Waals surface area contributed by atoms with Crippen LogP contribution in [0.25, 0.3) is 5.69 Å². The third-order valence-corrected chi connectivity index (χ3v) is 2.28. The van der Waals surface area contributed by atoms with Gasteiger partial charge in [0.05, 0.1) is 24.5 Å². The fraction of sp³-hybridized carbons (Fsp3) is 0.222. The lowest BCUT2D eigenvalue weighted by Crippen LogP contribution is -2.12. The smallest absolute Gasteiger partial charge is 0.204 e. The predicted octanol–water partition coefficient (Wildman–Crippen LogP) is 0.705. The average Bonchev–Trinajstić information content (AvgIpc) is 2.66. The van der Waals surface area contributed by atoms with Crippen LogP contribution in [-0.4, -0.2) is 19.6 Å². The normalized spacial score (nSPS) is 10.5. The number of halogens is 1. The summed E-state index contributed by atoms with van der Waals surface area (Å²) in [6, 6.07) is 0. The summed E-state index contributed by atoms with van der Waals surface area (Å²) in [5.74, 6) is 0.182. The Labute approximate surface area is 90.9 Å². The highest BCUT2D eigenvalue weighted by molar-refractivity contribution is 6.17. The first-order valence-electron chi connectivity index (χ1n) is 4.33. The van der Waals surface area contributed by atoms with Crippen LogP contribution in [0.2, 0.25) is 0 Å². The van der Waals surface area contributed by atoms with Gasteiger partial charge >= 0.3 is 0 Å². The Morgan fingerprint density at radius 1 is 1.33 bits per heavy atom. The van der Waals surface area contributed by atoms with Crippen LogP contribution in [0.5, 0.6) is 0 Å². The van der Waals surface area contributed by atoms with Crippen molar-refractivity contribution in [2.24, 2.45) is 7.05 Å². The standard InChI is InChI=1S/C9H9ClN4O/c1-13-6-8(3-11-13)14-5-7(2-10)9(15)4-12-14/h3-6H,2H2,1H3. The number of rotatable bonds is 2. The number of hydrogen-bond donors (Lipinski definition) is 0. The van der Waals surface area contributed by atoms with Gasteiger partial charge in [0.2, 0.25) is 5.43 Å². The zero-order valence-electron chi connectivity index (χ0n) is 8.09. The first kappa shape index (κ1) is 9.92. The van der Waals surface area contributed by atoms with Gasteiger partial charge in [-0.3, -0.25) is 9.48 Å². The molecule has 0 fully saturated rings. The predicted molar refractivity (Wildman–Crippen MR) is 56.2 cm³/mol. The van der Waals surface area contributed by atoms with Crippen LogP contribution in [0.4, 0.5) is 0 Å². The molecular weight excluding hydrogens is 216 g/mol. The van der Waals surface area contributed by atoms with Crippen LogP contribution in [-0.2, 0) is 12.9 Å². The molecule has 2 rings (SSSR count). The van der Waals surface area contributed by atoms with E-state index in [1.807, 2.05) is 7.05 Å². The molecule has 0 N–H and O–H groups in total. The van der Waals surface area contributed by atoms with Crippen LogP contribution in [0.3, 0.4) is 0 Å². The molecule has 0 spiro atoms. The number of alkyl halides is 1. The van der Waals surface area contributed by atoms with Gasteiger partial charge in [0.1, 0.15) is 5.69 Å². The molecule has 2 heterocycles. The Morgan fingerprint density at radius 3 is 2.73 bits per heavy atom. The second-order valence-corrected chi connectivity index (χ2v) is 3.38. The lowest BCUT2D eigenvalue weighted by atomic mass is 10.3. The lowest BCUT2D eigenvalue weighted by Gasteiger charge is -2.01. The van der Waals surface area contributed by atoms with Gasteiger partial charge in [-0.2, -0.15) is 10.2 Å². The first-order valence-corrected chi connectivity index (χ1v) is 4.87. The molecule has 0 radical (unpaired) electrons. The molecule has 15 heavy (non-hydrogen) atoms. The maximum absolute atomic E-state index is 11.3. The molecule has 0 aromatic carbocycles. The van der Waals surface area contributed by atoms with Crippen molar-refractivity contribution in [1.29, 1.82) is 0 Å². The molecule has 0 saturated heterocycles. The summed E-state index contributed by atoms with van der Waals surface area (Å²) in [5, 5.41) is 7.98. The van der Waals surface area contributed by atoms with Crippen molar-refractivity contribution in [3.05, 3.63) is 40.6 Å². The van der Waals surface area contributed by atoms with E-state index in [2.05, 4.69) is 10.2 Å². The van der Waals surface area contributed by atoms with Crippen LogP contribution in [0.1, 0.15) is 5.56 Å². The molecule has 0 aliphatic carbocycles. The largest absolute Gasteiger partial charge is 0.288 e. The third-order valence-electron chi connectivity index (χ3n) is 1.99. The number of nitrogens with zero attached hydrogens (tertiary/aromatic N) is 4. The Hall–Kier alpha value is -1.62. The van der Waals surface area contributed by atoms with Crippen molar-refractivity contribution >= 4 is 11.6 Å². The zero-order chi connectivity index (χ0) is 10.8. The van der Waals surface area contributed by atoms with Crippen LogP contribution < -0.4 is 5.43 Å². The van der Waals surface area contributed by atoms with Gasteiger partial charge in [0.15, 0.2) is 0 Å². The second-order valence-electron chi connectivity index (χ2n) is 3.11. The van der Waals surface area contributed by atoms with E-state index >= 15 is 0 Å².